The molecule has 2 rings (SSSR count). The summed E-state index contributed by atoms with van der Waals surface area (Å²) >= 11 is 0. The van der Waals surface area contributed by atoms with Gasteiger partial charge in [-0.3, -0.25) is 4.79 Å². The molecule has 0 aliphatic heterocycles. The third-order valence-corrected chi connectivity index (χ3v) is 5.58. The summed E-state index contributed by atoms with van der Waals surface area (Å²) in [5.74, 6) is -0.162. The monoisotopic (exact) mass is 310 g/mol. The van der Waals surface area contributed by atoms with E-state index in [0.717, 1.165) is 0 Å². The zero-order valence-electron chi connectivity index (χ0n) is 12.2. The van der Waals surface area contributed by atoms with Gasteiger partial charge in [-0.2, -0.15) is 4.72 Å². The van der Waals surface area contributed by atoms with Gasteiger partial charge in [0.15, 0.2) is 0 Å². The minimum atomic E-state index is -3.70. The van der Waals surface area contributed by atoms with Crippen LogP contribution in [0.2, 0.25) is 0 Å². The summed E-state index contributed by atoms with van der Waals surface area (Å²) < 4.78 is 26.5. The number of hydrogen-bond donors (Lipinski definition) is 2. The van der Waals surface area contributed by atoms with Crippen molar-refractivity contribution in [2.75, 3.05) is 0 Å². The molecular formula is C15H22N2O3S. The smallest absolute Gasteiger partial charge is 0.241 e. The fourth-order valence-electron chi connectivity index (χ4n) is 2.71. The number of benzene rings is 1. The topological polar surface area (TPSA) is 89.3 Å². The Morgan fingerprint density at radius 2 is 1.76 bits per heavy atom. The van der Waals surface area contributed by atoms with Crippen molar-refractivity contribution < 1.29 is 13.2 Å². The van der Waals surface area contributed by atoms with E-state index >= 15 is 0 Å². The first kappa shape index (κ1) is 16.0. The Morgan fingerprint density at radius 3 is 2.29 bits per heavy atom. The van der Waals surface area contributed by atoms with E-state index in [4.69, 9.17) is 5.73 Å². The van der Waals surface area contributed by atoms with E-state index in [1.807, 2.05) is 12.1 Å². The number of carbonyl (C=O) groups is 1. The molecule has 1 aliphatic rings. The van der Waals surface area contributed by atoms with E-state index in [1.165, 1.54) is 44.6 Å². The van der Waals surface area contributed by atoms with Gasteiger partial charge in [0.05, 0.1) is 10.9 Å². The van der Waals surface area contributed by atoms with Crippen molar-refractivity contribution in [2.45, 2.75) is 55.9 Å². The Bertz CT molecular complexity index is 590. The molecule has 1 saturated carbocycles. The summed E-state index contributed by atoms with van der Waals surface area (Å²) in [6.45, 7) is 1.43. The molecule has 0 bridgehead atoms. The summed E-state index contributed by atoms with van der Waals surface area (Å²) in [4.78, 5) is 11.1. The quantitative estimate of drug-likeness (QED) is 0.870. The largest absolute Gasteiger partial charge is 0.368 e. The number of nitrogens with two attached hydrogens (primary N) is 1. The van der Waals surface area contributed by atoms with E-state index in [1.54, 1.807) is 12.1 Å². The van der Waals surface area contributed by atoms with Crippen molar-refractivity contribution in [3.05, 3.63) is 29.8 Å². The highest BCUT2D eigenvalue weighted by Crippen LogP contribution is 2.32. The Balaban J connectivity index is 2.12. The van der Waals surface area contributed by atoms with Crippen LogP contribution in [0.3, 0.4) is 0 Å². The molecule has 0 saturated heterocycles. The number of rotatable bonds is 5. The first-order valence-electron chi connectivity index (χ1n) is 7.32. The van der Waals surface area contributed by atoms with E-state index < -0.39 is 22.0 Å². The van der Waals surface area contributed by atoms with Crippen molar-refractivity contribution in [1.29, 1.82) is 0 Å². The van der Waals surface area contributed by atoms with Crippen LogP contribution in [0.5, 0.6) is 0 Å². The molecule has 1 unspecified atom stereocenters. The van der Waals surface area contributed by atoms with Gasteiger partial charge in [-0.05, 0) is 43.4 Å². The highest BCUT2D eigenvalue weighted by atomic mass is 32.2. The second-order valence-electron chi connectivity index (χ2n) is 5.65. The molecule has 0 spiro atoms. The predicted octanol–water partition coefficient (Wildman–Crippen LogP) is 1.89. The lowest BCUT2D eigenvalue weighted by Gasteiger charge is -2.22. The summed E-state index contributed by atoms with van der Waals surface area (Å²) in [5, 5.41) is 0. The molecule has 1 aromatic carbocycles. The number of carbonyl (C=O) groups excluding carboxylic acids is 1. The van der Waals surface area contributed by atoms with Crippen molar-refractivity contribution in [3.63, 3.8) is 0 Å². The third-order valence-electron chi connectivity index (χ3n) is 4.03. The van der Waals surface area contributed by atoms with Gasteiger partial charge in [0.2, 0.25) is 15.9 Å². The molecular weight excluding hydrogens is 288 g/mol. The number of hydrogen-bond acceptors (Lipinski definition) is 3. The average Bonchev–Trinajstić information content (AvgIpc) is 2.48. The molecule has 1 atom stereocenters. The van der Waals surface area contributed by atoms with Crippen LogP contribution in [0.4, 0.5) is 0 Å². The molecule has 1 aliphatic carbocycles. The molecule has 6 heteroatoms. The number of amides is 1. The van der Waals surface area contributed by atoms with Gasteiger partial charge < -0.3 is 5.73 Å². The molecule has 116 valence electrons. The molecule has 3 N–H and O–H groups in total. The number of sulfonamides is 1. The highest BCUT2D eigenvalue weighted by Gasteiger charge is 2.21. The summed E-state index contributed by atoms with van der Waals surface area (Å²) in [6.07, 6.45) is 6.11. The molecule has 0 heterocycles. The second kappa shape index (κ2) is 6.58. The predicted molar refractivity (Wildman–Crippen MR) is 81.2 cm³/mol. The van der Waals surface area contributed by atoms with E-state index in [0.29, 0.717) is 5.92 Å². The molecule has 5 nitrogen and oxygen atoms in total. The Labute approximate surface area is 126 Å². The van der Waals surface area contributed by atoms with Crippen LogP contribution in [0.15, 0.2) is 29.2 Å². The van der Waals surface area contributed by atoms with Crippen LogP contribution in [-0.2, 0) is 14.8 Å². The molecule has 21 heavy (non-hydrogen) atoms. The van der Waals surface area contributed by atoms with Gasteiger partial charge in [0.1, 0.15) is 0 Å². The first-order chi connectivity index (χ1) is 9.90. The minimum Gasteiger partial charge on any atom is -0.368 e. The standard InChI is InChI=1S/C15H22N2O3S/c1-11(15(16)18)17-21(19,20)14-9-7-13(8-10-14)12-5-3-2-4-6-12/h7-12,17H,2-6H2,1H3,(H2,16,18). The zero-order valence-corrected chi connectivity index (χ0v) is 13.0. The first-order valence-corrected chi connectivity index (χ1v) is 8.80. The molecule has 0 radical (unpaired) electrons. The molecule has 1 aromatic rings. The summed E-state index contributed by atoms with van der Waals surface area (Å²) in [6, 6.07) is 6.02. The zero-order chi connectivity index (χ0) is 15.5. The van der Waals surface area contributed by atoms with Crippen LogP contribution in [-0.4, -0.2) is 20.4 Å². The van der Waals surface area contributed by atoms with Gasteiger partial charge in [-0.25, -0.2) is 8.42 Å². The maximum atomic E-state index is 12.1. The Morgan fingerprint density at radius 1 is 1.19 bits per heavy atom. The lowest BCUT2D eigenvalue weighted by molar-refractivity contribution is -0.119. The number of primary amides is 1. The van der Waals surface area contributed by atoms with Crippen LogP contribution in [0.1, 0.15) is 50.5 Å². The van der Waals surface area contributed by atoms with E-state index in [2.05, 4.69) is 4.72 Å². The number of nitrogens with one attached hydrogen (secondary N) is 1. The maximum absolute atomic E-state index is 12.1. The molecule has 0 aromatic heterocycles. The Hall–Kier alpha value is -1.40. The molecule has 1 amide bonds. The maximum Gasteiger partial charge on any atom is 0.241 e. The van der Waals surface area contributed by atoms with Gasteiger partial charge >= 0.3 is 0 Å². The van der Waals surface area contributed by atoms with Crippen LogP contribution < -0.4 is 10.5 Å². The average molecular weight is 310 g/mol. The fraction of sp³-hybridized carbons (Fsp3) is 0.533. The van der Waals surface area contributed by atoms with Gasteiger partial charge in [0.25, 0.3) is 0 Å². The van der Waals surface area contributed by atoms with Gasteiger partial charge in [0, 0.05) is 0 Å². The van der Waals surface area contributed by atoms with E-state index in [-0.39, 0.29) is 4.90 Å². The van der Waals surface area contributed by atoms with Crippen LogP contribution >= 0.6 is 0 Å². The lowest BCUT2D eigenvalue weighted by atomic mass is 9.84. The minimum absolute atomic E-state index is 0.162. The lowest BCUT2D eigenvalue weighted by Crippen LogP contribution is -2.42. The fourth-order valence-corrected chi connectivity index (χ4v) is 3.93. The highest BCUT2D eigenvalue weighted by molar-refractivity contribution is 7.89. The third kappa shape index (κ3) is 4.04. The summed E-state index contributed by atoms with van der Waals surface area (Å²) in [5.41, 5.74) is 6.27. The van der Waals surface area contributed by atoms with Gasteiger partial charge in [-0.15, -0.1) is 0 Å². The molecule has 1 fully saturated rings. The van der Waals surface area contributed by atoms with E-state index in [9.17, 15) is 13.2 Å². The normalized spacial score (nSPS) is 18.3. The summed E-state index contributed by atoms with van der Waals surface area (Å²) in [7, 11) is -3.70. The van der Waals surface area contributed by atoms with Crippen molar-refractivity contribution in [3.8, 4) is 0 Å². The van der Waals surface area contributed by atoms with Crippen molar-refractivity contribution >= 4 is 15.9 Å². The van der Waals surface area contributed by atoms with Crippen LogP contribution in [0, 0.1) is 0 Å². The second-order valence-corrected chi connectivity index (χ2v) is 7.36. The Kier molecular flexibility index (Phi) is 5.00. The van der Waals surface area contributed by atoms with Crippen molar-refractivity contribution in [1.82, 2.24) is 4.72 Å². The van der Waals surface area contributed by atoms with Crippen LogP contribution in [0.25, 0.3) is 0 Å². The van der Waals surface area contributed by atoms with Crippen molar-refractivity contribution in [2.24, 2.45) is 5.73 Å². The van der Waals surface area contributed by atoms with Gasteiger partial charge in [-0.1, -0.05) is 31.4 Å². The SMILES string of the molecule is CC(NS(=O)(=O)c1ccc(C2CCCCC2)cc1)C(N)=O.